The molecule has 0 heterocycles. The van der Waals surface area contributed by atoms with Crippen molar-refractivity contribution in [2.75, 3.05) is 6.61 Å². The van der Waals surface area contributed by atoms with Crippen molar-refractivity contribution in [1.29, 1.82) is 0 Å². The van der Waals surface area contributed by atoms with Gasteiger partial charge >= 0.3 is 6.03 Å². The van der Waals surface area contributed by atoms with E-state index in [1.165, 1.54) is 0 Å². The van der Waals surface area contributed by atoms with Gasteiger partial charge in [-0.15, -0.1) is 0 Å². The maximum atomic E-state index is 10.8. The van der Waals surface area contributed by atoms with E-state index in [0.717, 1.165) is 12.8 Å². The highest BCUT2D eigenvalue weighted by Gasteiger charge is 2.27. The van der Waals surface area contributed by atoms with Gasteiger partial charge in [-0.05, 0) is 12.8 Å². The molecule has 6 heteroatoms. The first-order valence-corrected chi connectivity index (χ1v) is 4.04. The lowest BCUT2D eigenvalue weighted by Crippen LogP contribution is -2.44. The number of nitrogens with one attached hydrogen (secondary N) is 1. The number of ether oxygens (including phenoxy) is 1. The molecule has 0 aromatic carbocycles. The second-order valence-corrected chi connectivity index (χ2v) is 3.08. The molecule has 13 heavy (non-hydrogen) atoms. The Labute approximate surface area is 75.6 Å². The Morgan fingerprint density at radius 1 is 1.46 bits per heavy atom. The predicted octanol–water partition coefficient (Wildman–Crippen LogP) is -1.31. The van der Waals surface area contributed by atoms with E-state index in [1.54, 1.807) is 0 Å². The molecular formula is C7H13N3O3. The third kappa shape index (κ3) is 3.39. The zero-order chi connectivity index (χ0) is 9.84. The van der Waals surface area contributed by atoms with Gasteiger partial charge in [0, 0.05) is 6.04 Å². The topological polar surface area (TPSA) is 107 Å². The standard InChI is InChI=1S/C7H13N3O3/c8-4-1-5(2-4)13-3-6(11)10-7(9)12/h4-5H,1-3,8H2,(H3,9,10,11,12). The quantitative estimate of drug-likeness (QED) is 0.509. The van der Waals surface area contributed by atoms with Crippen LogP contribution in [-0.2, 0) is 9.53 Å². The molecular weight excluding hydrogens is 174 g/mol. The molecule has 6 nitrogen and oxygen atoms in total. The molecule has 0 unspecified atom stereocenters. The summed E-state index contributed by atoms with van der Waals surface area (Å²) in [6.07, 6.45) is 1.59. The summed E-state index contributed by atoms with van der Waals surface area (Å²) in [5.74, 6) is -0.520. The van der Waals surface area contributed by atoms with E-state index in [4.69, 9.17) is 16.2 Å². The Hall–Kier alpha value is -1.14. The van der Waals surface area contributed by atoms with E-state index in [2.05, 4.69) is 0 Å². The van der Waals surface area contributed by atoms with Crippen LogP contribution in [-0.4, -0.2) is 30.7 Å². The molecule has 0 aliphatic heterocycles. The summed E-state index contributed by atoms with van der Waals surface area (Å²) in [6.45, 7) is -0.139. The van der Waals surface area contributed by atoms with E-state index in [-0.39, 0.29) is 18.8 Å². The van der Waals surface area contributed by atoms with Gasteiger partial charge < -0.3 is 16.2 Å². The van der Waals surface area contributed by atoms with Gasteiger partial charge in [-0.25, -0.2) is 4.79 Å². The van der Waals surface area contributed by atoms with Crippen molar-refractivity contribution in [1.82, 2.24) is 5.32 Å². The number of rotatable bonds is 3. The number of carbonyl (C=O) groups excluding carboxylic acids is 2. The predicted molar refractivity (Wildman–Crippen MR) is 44.7 cm³/mol. The number of imide groups is 1. The van der Waals surface area contributed by atoms with Gasteiger partial charge in [0.05, 0.1) is 6.10 Å². The Balaban J connectivity index is 2.05. The van der Waals surface area contributed by atoms with Crippen LogP contribution in [0.2, 0.25) is 0 Å². The molecule has 74 valence electrons. The number of primary amides is 1. The molecule has 1 saturated carbocycles. The van der Waals surface area contributed by atoms with E-state index in [1.807, 2.05) is 5.32 Å². The fourth-order valence-electron chi connectivity index (χ4n) is 1.11. The molecule has 5 N–H and O–H groups in total. The van der Waals surface area contributed by atoms with Crippen LogP contribution in [0, 0.1) is 0 Å². The average Bonchev–Trinajstić information content (AvgIpc) is 1.94. The molecule has 0 bridgehead atoms. The van der Waals surface area contributed by atoms with E-state index < -0.39 is 11.9 Å². The van der Waals surface area contributed by atoms with Crippen molar-refractivity contribution in [2.24, 2.45) is 11.5 Å². The number of hydrogen-bond donors (Lipinski definition) is 3. The van der Waals surface area contributed by atoms with Crippen molar-refractivity contribution in [3.05, 3.63) is 0 Å². The molecule has 1 fully saturated rings. The SMILES string of the molecule is NC(=O)NC(=O)COC1CC(N)C1. The van der Waals surface area contributed by atoms with Crippen LogP contribution in [0.5, 0.6) is 0 Å². The largest absolute Gasteiger partial charge is 0.368 e. The summed E-state index contributed by atoms with van der Waals surface area (Å²) in [4.78, 5) is 21.0. The summed E-state index contributed by atoms with van der Waals surface area (Å²) in [5, 5.41) is 1.90. The number of urea groups is 1. The first-order chi connectivity index (χ1) is 6.08. The van der Waals surface area contributed by atoms with Crippen LogP contribution in [0.15, 0.2) is 0 Å². The van der Waals surface area contributed by atoms with E-state index in [9.17, 15) is 9.59 Å². The number of carbonyl (C=O) groups is 2. The molecule has 1 aliphatic carbocycles. The average molecular weight is 187 g/mol. The van der Waals surface area contributed by atoms with Gasteiger partial charge in [0.2, 0.25) is 0 Å². The Bertz CT molecular complexity index is 213. The first kappa shape index (κ1) is 9.94. The second-order valence-electron chi connectivity index (χ2n) is 3.08. The number of hydrogen-bond acceptors (Lipinski definition) is 4. The number of amides is 3. The molecule has 0 radical (unpaired) electrons. The van der Waals surface area contributed by atoms with Gasteiger partial charge in [-0.3, -0.25) is 10.1 Å². The van der Waals surface area contributed by atoms with Crippen molar-refractivity contribution in [3.8, 4) is 0 Å². The van der Waals surface area contributed by atoms with Crippen molar-refractivity contribution in [3.63, 3.8) is 0 Å². The minimum atomic E-state index is -0.862. The van der Waals surface area contributed by atoms with Crippen molar-refractivity contribution < 1.29 is 14.3 Å². The van der Waals surface area contributed by atoms with Crippen molar-refractivity contribution >= 4 is 11.9 Å². The second kappa shape index (κ2) is 4.20. The fraction of sp³-hybridized carbons (Fsp3) is 0.714. The summed E-state index contributed by atoms with van der Waals surface area (Å²) in [5.41, 5.74) is 10.2. The first-order valence-electron chi connectivity index (χ1n) is 4.04. The summed E-state index contributed by atoms with van der Waals surface area (Å²) >= 11 is 0. The third-order valence-electron chi connectivity index (χ3n) is 1.84. The maximum Gasteiger partial charge on any atom is 0.318 e. The van der Waals surface area contributed by atoms with Crippen LogP contribution in [0.4, 0.5) is 4.79 Å². The van der Waals surface area contributed by atoms with E-state index >= 15 is 0 Å². The van der Waals surface area contributed by atoms with E-state index in [0.29, 0.717) is 0 Å². The molecule has 3 amide bonds. The lowest BCUT2D eigenvalue weighted by Gasteiger charge is -2.31. The summed E-state index contributed by atoms with van der Waals surface area (Å²) in [6, 6.07) is -0.678. The Morgan fingerprint density at radius 3 is 2.54 bits per heavy atom. The van der Waals surface area contributed by atoms with Crippen molar-refractivity contribution in [2.45, 2.75) is 25.0 Å². The monoisotopic (exact) mass is 187 g/mol. The Kier molecular flexibility index (Phi) is 3.21. The molecule has 1 rings (SSSR count). The summed E-state index contributed by atoms with van der Waals surface area (Å²) in [7, 11) is 0. The third-order valence-corrected chi connectivity index (χ3v) is 1.84. The van der Waals surface area contributed by atoms with Gasteiger partial charge in [-0.1, -0.05) is 0 Å². The van der Waals surface area contributed by atoms with Crippen LogP contribution in [0.1, 0.15) is 12.8 Å². The normalized spacial score (nSPS) is 26.2. The molecule has 0 spiro atoms. The van der Waals surface area contributed by atoms with Crippen LogP contribution in [0.25, 0.3) is 0 Å². The van der Waals surface area contributed by atoms with Crippen LogP contribution < -0.4 is 16.8 Å². The lowest BCUT2D eigenvalue weighted by molar-refractivity contribution is -0.128. The van der Waals surface area contributed by atoms with Gasteiger partial charge in [-0.2, -0.15) is 0 Å². The lowest BCUT2D eigenvalue weighted by atomic mass is 9.90. The zero-order valence-corrected chi connectivity index (χ0v) is 7.16. The van der Waals surface area contributed by atoms with Crippen LogP contribution >= 0.6 is 0 Å². The fourth-order valence-corrected chi connectivity index (χ4v) is 1.11. The van der Waals surface area contributed by atoms with Crippen LogP contribution in [0.3, 0.4) is 0 Å². The smallest absolute Gasteiger partial charge is 0.318 e. The maximum absolute atomic E-state index is 10.8. The minimum absolute atomic E-state index is 0.0497. The van der Waals surface area contributed by atoms with Gasteiger partial charge in [0.25, 0.3) is 5.91 Å². The zero-order valence-electron chi connectivity index (χ0n) is 7.16. The molecule has 0 saturated heterocycles. The number of nitrogens with two attached hydrogens (primary N) is 2. The highest BCUT2D eigenvalue weighted by molar-refractivity contribution is 5.94. The molecule has 0 aromatic heterocycles. The molecule has 0 atom stereocenters. The Morgan fingerprint density at radius 2 is 2.08 bits per heavy atom. The highest BCUT2D eigenvalue weighted by atomic mass is 16.5. The summed E-state index contributed by atoms with van der Waals surface area (Å²) < 4.78 is 5.11. The molecule has 1 aliphatic rings. The highest BCUT2D eigenvalue weighted by Crippen LogP contribution is 2.20. The van der Waals surface area contributed by atoms with Gasteiger partial charge in [0.1, 0.15) is 6.61 Å². The minimum Gasteiger partial charge on any atom is -0.368 e. The molecule has 0 aromatic rings. The van der Waals surface area contributed by atoms with Gasteiger partial charge in [0.15, 0.2) is 0 Å².